The van der Waals surface area contributed by atoms with Crippen molar-refractivity contribution in [2.45, 2.75) is 45.0 Å². The van der Waals surface area contributed by atoms with Crippen LogP contribution >= 0.6 is 0 Å². The normalized spacial score (nSPS) is 14.9. The van der Waals surface area contributed by atoms with Crippen LogP contribution in [0.25, 0.3) is 0 Å². The summed E-state index contributed by atoms with van der Waals surface area (Å²) in [6, 6.07) is 0. The molecule has 0 fully saturated rings. The molecule has 0 aromatic carbocycles. The van der Waals surface area contributed by atoms with Crippen LogP contribution in [0, 0.1) is 10.1 Å². The van der Waals surface area contributed by atoms with Crippen LogP contribution in [0.3, 0.4) is 0 Å². The maximum atomic E-state index is 11.1. The first-order valence-corrected chi connectivity index (χ1v) is 5.18. The van der Waals surface area contributed by atoms with Gasteiger partial charge in [0, 0.05) is 12.5 Å². The summed E-state index contributed by atoms with van der Waals surface area (Å²) in [7, 11) is 0. The van der Waals surface area contributed by atoms with E-state index in [-0.39, 0.29) is 18.9 Å². The molecule has 2 atom stereocenters. The van der Waals surface area contributed by atoms with E-state index in [2.05, 4.69) is 0 Å². The monoisotopic (exact) mass is 247 g/mol. The number of rotatable bonds is 7. The molecule has 0 radical (unpaired) electrons. The molecule has 0 saturated heterocycles. The molecule has 0 saturated carbocycles. The summed E-state index contributed by atoms with van der Waals surface area (Å²) in [5.74, 6) is -0.571. The van der Waals surface area contributed by atoms with Gasteiger partial charge in [0.1, 0.15) is 0 Å². The minimum Gasteiger partial charge on any atom is -0.463 e. The summed E-state index contributed by atoms with van der Waals surface area (Å²) in [5.41, 5.74) is 0. The molecule has 0 unspecified atom stereocenters. The number of nitro groups is 1. The van der Waals surface area contributed by atoms with Crippen molar-refractivity contribution in [2.24, 2.45) is 0 Å². The number of ether oxygens (including phenoxy) is 1. The molecule has 0 aliphatic carbocycles. The van der Waals surface area contributed by atoms with Crippen LogP contribution < -0.4 is 0 Å². The maximum absolute atomic E-state index is 11.1. The quantitative estimate of drug-likeness (QED) is 0.378. The Kier molecular flexibility index (Phi) is 7.08. The average Bonchev–Trinajstić information content (AvgIpc) is 2.12. The third-order valence-electron chi connectivity index (χ3n) is 1.71. The van der Waals surface area contributed by atoms with Gasteiger partial charge in [-0.05, 0) is 13.8 Å². The number of aliphatic hydroxyl groups is 2. The number of hydrogen-bond acceptors (Lipinski definition) is 6. The zero-order valence-corrected chi connectivity index (χ0v) is 9.78. The Labute approximate surface area is 98.9 Å². The van der Waals surface area contributed by atoms with Crippen molar-refractivity contribution in [1.82, 2.24) is 0 Å². The van der Waals surface area contributed by atoms with Crippen molar-refractivity contribution >= 4 is 5.97 Å². The Hall–Kier alpha value is -1.47. The first kappa shape index (κ1) is 15.5. The van der Waals surface area contributed by atoms with Crippen LogP contribution in [0.15, 0.2) is 12.3 Å². The van der Waals surface area contributed by atoms with Gasteiger partial charge in [-0.2, -0.15) is 0 Å². The van der Waals surface area contributed by atoms with Gasteiger partial charge in [-0.1, -0.05) is 0 Å². The minimum absolute atomic E-state index is 0.155. The van der Waals surface area contributed by atoms with Gasteiger partial charge in [0.05, 0.1) is 29.7 Å². The Balaban J connectivity index is 3.96. The van der Waals surface area contributed by atoms with E-state index in [4.69, 9.17) is 4.74 Å². The Morgan fingerprint density at radius 3 is 2.53 bits per heavy atom. The van der Waals surface area contributed by atoms with Crippen LogP contribution in [-0.4, -0.2) is 39.4 Å². The topological polar surface area (TPSA) is 110 Å². The van der Waals surface area contributed by atoms with Gasteiger partial charge in [-0.3, -0.25) is 14.9 Å². The second kappa shape index (κ2) is 7.75. The summed E-state index contributed by atoms with van der Waals surface area (Å²) >= 11 is 0. The molecule has 0 heterocycles. The van der Waals surface area contributed by atoms with Crippen LogP contribution in [0.5, 0.6) is 0 Å². The van der Waals surface area contributed by atoms with Crippen LogP contribution in [0.4, 0.5) is 0 Å². The van der Waals surface area contributed by atoms with Crippen molar-refractivity contribution in [2.75, 3.05) is 0 Å². The number of nitrogens with zero attached hydrogens (tertiary/aromatic N) is 1. The lowest BCUT2D eigenvalue weighted by Gasteiger charge is -2.13. The first-order chi connectivity index (χ1) is 7.81. The molecule has 98 valence electrons. The molecule has 7 heteroatoms. The van der Waals surface area contributed by atoms with Crippen LogP contribution in [-0.2, 0) is 9.53 Å². The highest BCUT2D eigenvalue weighted by Crippen LogP contribution is 2.06. The van der Waals surface area contributed by atoms with Gasteiger partial charge in [0.2, 0.25) is 6.20 Å². The third-order valence-corrected chi connectivity index (χ3v) is 1.71. The molecule has 0 spiro atoms. The highest BCUT2D eigenvalue weighted by molar-refractivity contribution is 5.70. The summed E-state index contributed by atoms with van der Waals surface area (Å²) in [6.07, 6.45) is -1.40. The molecule has 17 heavy (non-hydrogen) atoms. The Morgan fingerprint density at radius 2 is 2.06 bits per heavy atom. The molecule has 0 rings (SSSR count). The number of hydrogen-bond donors (Lipinski definition) is 2. The van der Waals surface area contributed by atoms with Crippen molar-refractivity contribution in [3.63, 3.8) is 0 Å². The Bertz CT molecular complexity index is 289. The molecule has 0 bridgehead atoms. The molecule has 0 aromatic heterocycles. The lowest BCUT2D eigenvalue weighted by molar-refractivity contribution is -0.403. The lowest BCUT2D eigenvalue weighted by Crippen LogP contribution is -2.22. The van der Waals surface area contributed by atoms with Gasteiger partial charge >= 0.3 is 5.97 Å². The molecule has 7 nitrogen and oxygen atoms in total. The van der Waals surface area contributed by atoms with E-state index in [0.29, 0.717) is 6.20 Å². The predicted molar refractivity (Wildman–Crippen MR) is 58.6 cm³/mol. The van der Waals surface area contributed by atoms with Gasteiger partial charge in [0.25, 0.3) is 0 Å². The van der Waals surface area contributed by atoms with E-state index in [9.17, 15) is 25.1 Å². The number of esters is 1. The standard InChI is InChI=1S/C10H17NO6/c1-7(2)17-10(14)6-9(13)5-8(12)3-4-11(15)16/h3-4,7-9,12-13H,5-6H2,1-2H3/t8-,9-/m1/s1. The SMILES string of the molecule is CC(C)OC(=O)C[C@H](O)C[C@H](O)C=C[N+](=O)[O-]. The van der Waals surface area contributed by atoms with Crippen molar-refractivity contribution in [1.29, 1.82) is 0 Å². The fourth-order valence-electron chi connectivity index (χ4n) is 1.11. The number of carbonyl (C=O) groups excluding carboxylic acids is 1. The highest BCUT2D eigenvalue weighted by Gasteiger charge is 2.16. The fourth-order valence-corrected chi connectivity index (χ4v) is 1.11. The Morgan fingerprint density at radius 1 is 1.47 bits per heavy atom. The molecule has 2 N–H and O–H groups in total. The van der Waals surface area contributed by atoms with E-state index in [0.717, 1.165) is 6.08 Å². The summed E-state index contributed by atoms with van der Waals surface area (Å²) in [6.45, 7) is 3.36. The average molecular weight is 247 g/mol. The van der Waals surface area contributed by atoms with Gasteiger partial charge < -0.3 is 14.9 Å². The maximum Gasteiger partial charge on any atom is 0.308 e. The fraction of sp³-hybridized carbons (Fsp3) is 0.700. The second-order valence-corrected chi connectivity index (χ2v) is 3.83. The molecule has 0 aliphatic heterocycles. The third kappa shape index (κ3) is 9.46. The highest BCUT2D eigenvalue weighted by atomic mass is 16.6. The van der Waals surface area contributed by atoms with Crippen molar-refractivity contribution < 1.29 is 24.7 Å². The lowest BCUT2D eigenvalue weighted by atomic mass is 10.1. The van der Waals surface area contributed by atoms with E-state index >= 15 is 0 Å². The van der Waals surface area contributed by atoms with Crippen LogP contribution in [0.2, 0.25) is 0 Å². The smallest absolute Gasteiger partial charge is 0.308 e. The molecular weight excluding hydrogens is 230 g/mol. The summed E-state index contributed by atoms with van der Waals surface area (Å²) < 4.78 is 4.79. The van der Waals surface area contributed by atoms with Gasteiger partial charge in [-0.25, -0.2) is 0 Å². The zero-order valence-electron chi connectivity index (χ0n) is 9.78. The van der Waals surface area contributed by atoms with E-state index < -0.39 is 23.1 Å². The summed E-state index contributed by atoms with van der Waals surface area (Å²) in [4.78, 5) is 20.4. The van der Waals surface area contributed by atoms with E-state index in [1.807, 2.05) is 0 Å². The second-order valence-electron chi connectivity index (χ2n) is 3.83. The minimum atomic E-state index is -1.16. The predicted octanol–water partition coefficient (Wildman–Crippen LogP) is 0.230. The van der Waals surface area contributed by atoms with Crippen LogP contribution in [0.1, 0.15) is 26.7 Å². The molecular formula is C10H17NO6. The van der Waals surface area contributed by atoms with Crippen molar-refractivity contribution in [3.05, 3.63) is 22.4 Å². The summed E-state index contributed by atoms with van der Waals surface area (Å²) in [5, 5.41) is 28.6. The number of carbonyl (C=O) groups is 1. The van der Waals surface area contributed by atoms with E-state index in [1.165, 1.54) is 0 Å². The molecule has 0 aliphatic rings. The largest absolute Gasteiger partial charge is 0.463 e. The molecule has 0 amide bonds. The van der Waals surface area contributed by atoms with E-state index in [1.54, 1.807) is 13.8 Å². The van der Waals surface area contributed by atoms with Gasteiger partial charge in [0.15, 0.2) is 0 Å². The number of aliphatic hydroxyl groups excluding tert-OH is 2. The van der Waals surface area contributed by atoms with Gasteiger partial charge in [-0.15, -0.1) is 0 Å². The van der Waals surface area contributed by atoms with Crippen molar-refractivity contribution in [3.8, 4) is 0 Å². The first-order valence-electron chi connectivity index (χ1n) is 5.18. The molecule has 0 aromatic rings. The zero-order chi connectivity index (χ0) is 13.4.